The molecule has 2 atom stereocenters. The number of carbonyl (C=O) groups is 1. The molecule has 2 unspecified atom stereocenters. The third kappa shape index (κ3) is 4.87. The van der Waals surface area contributed by atoms with Gasteiger partial charge in [0, 0.05) is 37.2 Å². The van der Waals surface area contributed by atoms with E-state index < -0.39 is 10.0 Å². The molecule has 1 saturated heterocycles. The Balaban J connectivity index is 2.17. The first-order valence-electron chi connectivity index (χ1n) is 8.28. The fourth-order valence-corrected chi connectivity index (χ4v) is 4.04. The van der Waals surface area contributed by atoms with Crippen LogP contribution < -0.4 is 14.8 Å². The van der Waals surface area contributed by atoms with E-state index in [0.717, 1.165) is 0 Å². The van der Waals surface area contributed by atoms with E-state index in [-0.39, 0.29) is 24.4 Å². The molecule has 0 aliphatic carbocycles. The summed E-state index contributed by atoms with van der Waals surface area (Å²) in [6.07, 6.45) is 1.19. The minimum absolute atomic E-state index is 0.0174. The van der Waals surface area contributed by atoms with Crippen molar-refractivity contribution in [1.82, 2.24) is 14.5 Å². The van der Waals surface area contributed by atoms with Crippen molar-refractivity contribution in [3.05, 3.63) is 23.8 Å². The van der Waals surface area contributed by atoms with Gasteiger partial charge < -0.3 is 19.7 Å². The Bertz CT molecular complexity index is 751. The standard InChI is InChI=1S/C17H27N3O5S/c1-19(2)9-13-10-20(26(5,22)23)11-14(13)18-17(21)12-6-7-15(24-3)16(8-12)25-4/h6-8,13-14H,9-11H2,1-5H3,(H,18,21). The zero-order chi connectivity index (χ0) is 19.5. The number of amides is 1. The number of methoxy groups -OCH3 is 2. The number of carbonyl (C=O) groups excluding carboxylic acids is 1. The number of hydrogen-bond donors (Lipinski definition) is 1. The van der Waals surface area contributed by atoms with E-state index >= 15 is 0 Å². The summed E-state index contributed by atoms with van der Waals surface area (Å²) >= 11 is 0. The summed E-state index contributed by atoms with van der Waals surface area (Å²) in [6, 6.07) is 4.68. The molecule has 1 fully saturated rings. The second-order valence-corrected chi connectivity index (χ2v) is 8.73. The van der Waals surface area contributed by atoms with E-state index in [1.807, 2.05) is 19.0 Å². The number of benzene rings is 1. The summed E-state index contributed by atoms with van der Waals surface area (Å²) in [4.78, 5) is 14.7. The molecular formula is C17H27N3O5S. The molecule has 1 aromatic carbocycles. The molecule has 1 N–H and O–H groups in total. The van der Waals surface area contributed by atoms with E-state index in [1.54, 1.807) is 18.2 Å². The number of nitrogens with one attached hydrogen (secondary N) is 1. The van der Waals surface area contributed by atoms with Crippen LogP contribution in [0.1, 0.15) is 10.4 Å². The number of rotatable bonds is 7. The first kappa shape index (κ1) is 20.5. The Hall–Kier alpha value is -1.84. The highest BCUT2D eigenvalue weighted by Crippen LogP contribution is 2.28. The lowest BCUT2D eigenvalue weighted by Crippen LogP contribution is -2.43. The van der Waals surface area contributed by atoms with Crippen LogP contribution in [0.3, 0.4) is 0 Å². The highest BCUT2D eigenvalue weighted by atomic mass is 32.2. The van der Waals surface area contributed by atoms with Crippen LogP contribution in [-0.2, 0) is 10.0 Å². The summed E-state index contributed by atoms with van der Waals surface area (Å²) in [7, 11) is 3.59. The number of hydrogen-bond acceptors (Lipinski definition) is 6. The van der Waals surface area contributed by atoms with E-state index in [0.29, 0.717) is 30.2 Å². The fourth-order valence-electron chi connectivity index (χ4n) is 3.15. The van der Waals surface area contributed by atoms with E-state index in [2.05, 4.69) is 5.32 Å². The van der Waals surface area contributed by atoms with Crippen LogP contribution >= 0.6 is 0 Å². The van der Waals surface area contributed by atoms with Crippen molar-refractivity contribution in [2.75, 3.05) is 54.2 Å². The highest BCUT2D eigenvalue weighted by Gasteiger charge is 2.38. The Morgan fingerprint density at radius 3 is 2.42 bits per heavy atom. The van der Waals surface area contributed by atoms with Crippen LogP contribution in [0.4, 0.5) is 0 Å². The topological polar surface area (TPSA) is 88.2 Å². The highest BCUT2D eigenvalue weighted by molar-refractivity contribution is 7.88. The molecule has 0 saturated carbocycles. The van der Waals surface area contributed by atoms with Crippen molar-refractivity contribution >= 4 is 15.9 Å². The van der Waals surface area contributed by atoms with E-state index in [1.165, 1.54) is 24.8 Å². The minimum Gasteiger partial charge on any atom is -0.493 e. The van der Waals surface area contributed by atoms with Gasteiger partial charge in [0.1, 0.15) is 0 Å². The third-order valence-electron chi connectivity index (χ3n) is 4.44. The smallest absolute Gasteiger partial charge is 0.251 e. The molecule has 9 heteroatoms. The first-order valence-corrected chi connectivity index (χ1v) is 10.1. The largest absolute Gasteiger partial charge is 0.493 e. The van der Waals surface area contributed by atoms with E-state index in [4.69, 9.17) is 9.47 Å². The molecule has 1 aromatic rings. The molecule has 26 heavy (non-hydrogen) atoms. The van der Waals surface area contributed by atoms with Gasteiger partial charge in [0.2, 0.25) is 10.0 Å². The van der Waals surface area contributed by atoms with Gasteiger partial charge in [0.15, 0.2) is 11.5 Å². The minimum atomic E-state index is -3.30. The lowest BCUT2D eigenvalue weighted by Gasteiger charge is -2.23. The quantitative estimate of drug-likeness (QED) is 0.724. The summed E-state index contributed by atoms with van der Waals surface area (Å²) in [5, 5.41) is 2.97. The number of sulfonamides is 1. The van der Waals surface area contributed by atoms with Crippen molar-refractivity contribution in [3.63, 3.8) is 0 Å². The zero-order valence-corrected chi connectivity index (χ0v) is 16.7. The normalized spacial score (nSPS) is 21.0. The van der Waals surface area contributed by atoms with Crippen LogP contribution in [0.15, 0.2) is 18.2 Å². The maximum atomic E-state index is 12.7. The summed E-state index contributed by atoms with van der Waals surface area (Å²) in [6.45, 7) is 1.35. The molecule has 1 aliphatic heterocycles. The molecule has 146 valence electrons. The van der Waals surface area contributed by atoms with Gasteiger partial charge in [0.25, 0.3) is 5.91 Å². The van der Waals surface area contributed by atoms with Crippen LogP contribution in [0.2, 0.25) is 0 Å². The lowest BCUT2D eigenvalue weighted by molar-refractivity contribution is 0.0927. The molecule has 0 radical (unpaired) electrons. The number of ether oxygens (including phenoxy) is 2. The first-order chi connectivity index (χ1) is 12.2. The molecule has 2 rings (SSSR count). The molecule has 1 heterocycles. The lowest BCUT2D eigenvalue weighted by atomic mass is 10.0. The molecular weight excluding hydrogens is 358 g/mol. The molecule has 0 spiro atoms. The predicted molar refractivity (Wildman–Crippen MR) is 99.3 cm³/mol. The van der Waals surface area contributed by atoms with Gasteiger partial charge in [-0.2, -0.15) is 4.31 Å². The molecule has 1 aliphatic rings. The van der Waals surface area contributed by atoms with Gasteiger partial charge in [-0.1, -0.05) is 0 Å². The van der Waals surface area contributed by atoms with Crippen LogP contribution in [0.25, 0.3) is 0 Å². The van der Waals surface area contributed by atoms with Gasteiger partial charge >= 0.3 is 0 Å². The van der Waals surface area contributed by atoms with Gasteiger partial charge in [-0.3, -0.25) is 4.79 Å². The maximum Gasteiger partial charge on any atom is 0.251 e. The van der Waals surface area contributed by atoms with Crippen molar-refractivity contribution < 1.29 is 22.7 Å². The summed E-state index contributed by atoms with van der Waals surface area (Å²) in [5.41, 5.74) is 0.434. The summed E-state index contributed by atoms with van der Waals surface area (Å²) in [5.74, 6) is 0.756. The SMILES string of the molecule is COc1ccc(C(=O)NC2CN(S(C)(=O)=O)CC2CN(C)C)cc1OC. The summed E-state index contributed by atoms with van der Waals surface area (Å²) < 4.78 is 35.6. The van der Waals surface area contributed by atoms with Crippen LogP contribution in [-0.4, -0.2) is 83.8 Å². The molecule has 1 amide bonds. The second-order valence-electron chi connectivity index (χ2n) is 6.75. The number of nitrogens with zero attached hydrogens (tertiary/aromatic N) is 2. The van der Waals surface area contributed by atoms with Crippen LogP contribution in [0.5, 0.6) is 11.5 Å². The Morgan fingerprint density at radius 1 is 1.23 bits per heavy atom. The van der Waals surface area contributed by atoms with Crippen molar-refractivity contribution in [2.45, 2.75) is 6.04 Å². The second kappa shape index (κ2) is 8.24. The Morgan fingerprint density at radius 2 is 1.88 bits per heavy atom. The third-order valence-corrected chi connectivity index (χ3v) is 5.67. The van der Waals surface area contributed by atoms with Crippen molar-refractivity contribution in [3.8, 4) is 11.5 Å². The predicted octanol–water partition coefficient (Wildman–Crippen LogP) is 0.255. The van der Waals surface area contributed by atoms with Gasteiger partial charge in [-0.25, -0.2) is 8.42 Å². The van der Waals surface area contributed by atoms with Gasteiger partial charge in [-0.05, 0) is 32.3 Å². The monoisotopic (exact) mass is 385 g/mol. The molecule has 0 bridgehead atoms. The Labute approximate surface area is 155 Å². The van der Waals surface area contributed by atoms with Crippen molar-refractivity contribution in [1.29, 1.82) is 0 Å². The average molecular weight is 385 g/mol. The fraction of sp³-hybridized carbons (Fsp3) is 0.588. The van der Waals surface area contributed by atoms with Gasteiger partial charge in [0.05, 0.1) is 20.5 Å². The van der Waals surface area contributed by atoms with Gasteiger partial charge in [-0.15, -0.1) is 0 Å². The Kier molecular flexibility index (Phi) is 6.48. The average Bonchev–Trinajstić information content (AvgIpc) is 2.96. The zero-order valence-electron chi connectivity index (χ0n) is 15.9. The van der Waals surface area contributed by atoms with Crippen molar-refractivity contribution in [2.24, 2.45) is 5.92 Å². The molecule has 8 nitrogen and oxygen atoms in total. The van der Waals surface area contributed by atoms with E-state index in [9.17, 15) is 13.2 Å². The molecule has 0 aromatic heterocycles. The maximum absolute atomic E-state index is 12.7. The van der Waals surface area contributed by atoms with Crippen LogP contribution in [0, 0.1) is 5.92 Å².